The number of sulfonamides is 1. The molecule has 0 saturated heterocycles. The molecule has 2 aromatic rings. The second-order valence-electron chi connectivity index (χ2n) is 4.15. The summed E-state index contributed by atoms with van der Waals surface area (Å²) < 4.78 is 27.5. The predicted octanol–water partition coefficient (Wildman–Crippen LogP) is 1.74. The van der Waals surface area contributed by atoms with Crippen molar-refractivity contribution in [3.05, 3.63) is 41.7 Å². The van der Waals surface area contributed by atoms with Gasteiger partial charge in [-0.05, 0) is 18.2 Å². The fraction of sp³-hybridized carbons (Fsp3) is 0.167. The Morgan fingerprint density at radius 3 is 2.76 bits per heavy atom. The lowest BCUT2D eigenvalue weighted by Gasteiger charge is -2.13. The minimum Gasteiger partial charge on any atom is -0.481 e. The molecule has 0 bridgehead atoms. The number of halogens is 1. The average Bonchev–Trinajstić information content (AvgIpc) is 2.90. The Hall–Kier alpha value is -2.06. The summed E-state index contributed by atoms with van der Waals surface area (Å²) in [5.74, 6) is -1.70. The Kier molecular flexibility index (Phi) is 4.49. The quantitative estimate of drug-likeness (QED) is 0.840. The molecule has 112 valence electrons. The summed E-state index contributed by atoms with van der Waals surface area (Å²) in [7, 11) is -3.79. The molecule has 2 rings (SSSR count). The first-order valence-electron chi connectivity index (χ1n) is 5.90. The molecule has 1 heterocycles. The summed E-state index contributed by atoms with van der Waals surface area (Å²) in [6.07, 6.45) is 2.68. The van der Waals surface area contributed by atoms with Gasteiger partial charge in [0.05, 0.1) is 22.9 Å². The van der Waals surface area contributed by atoms with Crippen molar-refractivity contribution in [1.82, 2.24) is 9.78 Å². The van der Waals surface area contributed by atoms with Gasteiger partial charge in [0.1, 0.15) is 5.69 Å². The van der Waals surface area contributed by atoms with Crippen molar-refractivity contribution >= 4 is 33.3 Å². The number of aliphatic carboxylic acids is 1. The van der Waals surface area contributed by atoms with Gasteiger partial charge in [-0.25, -0.2) is 13.1 Å². The minimum absolute atomic E-state index is 0.233. The zero-order chi connectivity index (χ0) is 15.5. The number of hydrogen-bond donors (Lipinski definition) is 2. The maximum absolute atomic E-state index is 11.9. The summed E-state index contributed by atoms with van der Waals surface area (Å²) in [4.78, 5) is 10.5. The summed E-state index contributed by atoms with van der Waals surface area (Å²) in [6.45, 7) is 0. The Balaban J connectivity index is 2.33. The van der Waals surface area contributed by atoms with Crippen molar-refractivity contribution in [3.8, 4) is 5.69 Å². The standard InChI is InChI=1S/C12H12ClN3O4S/c13-9-3-1-4-10(12(9)16-7-2-6-14-16)15-21(19,20)8-5-11(17)18/h1-4,6-7,15H,5,8H2,(H,17,18). The van der Waals surface area contributed by atoms with E-state index < -0.39 is 28.2 Å². The van der Waals surface area contributed by atoms with Crippen LogP contribution in [0.15, 0.2) is 36.7 Å². The van der Waals surface area contributed by atoms with Gasteiger partial charge in [-0.1, -0.05) is 17.7 Å². The summed E-state index contributed by atoms with van der Waals surface area (Å²) >= 11 is 6.09. The van der Waals surface area contributed by atoms with Gasteiger partial charge in [-0.2, -0.15) is 5.10 Å². The Labute approximate surface area is 126 Å². The highest BCUT2D eigenvalue weighted by Crippen LogP contribution is 2.28. The van der Waals surface area contributed by atoms with E-state index in [1.165, 1.54) is 16.9 Å². The summed E-state index contributed by atoms with van der Waals surface area (Å²) in [5, 5.41) is 12.9. The third-order valence-corrected chi connectivity index (χ3v) is 4.15. The molecular weight excluding hydrogens is 318 g/mol. The van der Waals surface area contributed by atoms with Crippen LogP contribution in [0.4, 0.5) is 5.69 Å². The van der Waals surface area contributed by atoms with E-state index in [9.17, 15) is 13.2 Å². The van der Waals surface area contributed by atoms with Gasteiger partial charge in [0.25, 0.3) is 0 Å². The third-order valence-electron chi connectivity index (χ3n) is 2.57. The third kappa shape index (κ3) is 3.96. The van der Waals surface area contributed by atoms with Crippen LogP contribution in [-0.2, 0) is 14.8 Å². The van der Waals surface area contributed by atoms with E-state index in [-0.39, 0.29) is 5.69 Å². The van der Waals surface area contributed by atoms with E-state index in [4.69, 9.17) is 16.7 Å². The molecule has 21 heavy (non-hydrogen) atoms. The van der Waals surface area contributed by atoms with Crippen LogP contribution in [0.5, 0.6) is 0 Å². The zero-order valence-corrected chi connectivity index (χ0v) is 12.3. The smallest absolute Gasteiger partial charge is 0.304 e. The molecule has 0 aliphatic carbocycles. The maximum atomic E-state index is 11.9. The number of rotatable bonds is 6. The first-order valence-corrected chi connectivity index (χ1v) is 7.93. The van der Waals surface area contributed by atoms with Crippen LogP contribution in [0.25, 0.3) is 5.69 Å². The first kappa shape index (κ1) is 15.3. The van der Waals surface area contributed by atoms with Crippen molar-refractivity contribution in [2.45, 2.75) is 6.42 Å². The highest BCUT2D eigenvalue weighted by Gasteiger charge is 2.17. The minimum atomic E-state index is -3.79. The Morgan fingerprint density at radius 1 is 1.38 bits per heavy atom. The van der Waals surface area contributed by atoms with Crippen molar-refractivity contribution in [3.63, 3.8) is 0 Å². The molecule has 0 saturated carbocycles. The fourth-order valence-electron chi connectivity index (χ4n) is 1.67. The molecule has 0 aliphatic rings. The van der Waals surface area contributed by atoms with E-state index in [0.29, 0.717) is 10.7 Å². The molecule has 0 atom stereocenters. The molecule has 0 spiro atoms. The zero-order valence-electron chi connectivity index (χ0n) is 10.7. The molecule has 0 amide bonds. The van der Waals surface area contributed by atoms with Crippen LogP contribution in [0, 0.1) is 0 Å². The van der Waals surface area contributed by atoms with Crippen LogP contribution in [0.1, 0.15) is 6.42 Å². The molecular formula is C12H12ClN3O4S. The molecule has 0 radical (unpaired) electrons. The summed E-state index contributed by atoms with van der Waals surface area (Å²) in [6, 6.07) is 6.39. The first-order chi connectivity index (χ1) is 9.89. The number of nitrogens with one attached hydrogen (secondary N) is 1. The van der Waals surface area contributed by atoms with Gasteiger partial charge >= 0.3 is 5.97 Å². The van der Waals surface area contributed by atoms with Gasteiger partial charge in [-0.3, -0.25) is 9.52 Å². The van der Waals surface area contributed by atoms with Crippen LogP contribution in [-0.4, -0.2) is 35.0 Å². The van der Waals surface area contributed by atoms with Crippen LogP contribution in [0.3, 0.4) is 0 Å². The van der Waals surface area contributed by atoms with E-state index >= 15 is 0 Å². The monoisotopic (exact) mass is 329 g/mol. The normalized spacial score (nSPS) is 11.3. The number of aromatic nitrogens is 2. The van der Waals surface area contributed by atoms with Gasteiger partial charge in [-0.15, -0.1) is 0 Å². The molecule has 2 N–H and O–H groups in total. The largest absolute Gasteiger partial charge is 0.481 e. The van der Waals surface area contributed by atoms with Crippen LogP contribution >= 0.6 is 11.6 Å². The number of para-hydroxylation sites is 1. The van der Waals surface area contributed by atoms with E-state index in [0.717, 1.165) is 0 Å². The topological polar surface area (TPSA) is 101 Å². The SMILES string of the molecule is O=C(O)CCS(=O)(=O)Nc1cccc(Cl)c1-n1cccn1. The lowest BCUT2D eigenvalue weighted by molar-refractivity contribution is -0.136. The molecule has 9 heteroatoms. The Morgan fingerprint density at radius 2 is 2.14 bits per heavy atom. The number of carbonyl (C=O) groups is 1. The molecule has 1 aromatic carbocycles. The molecule has 1 aromatic heterocycles. The molecule has 7 nitrogen and oxygen atoms in total. The van der Waals surface area contributed by atoms with Crippen molar-refractivity contribution in [1.29, 1.82) is 0 Å². The number of hydrogen-bond acceptors (Lipinski definition) is 4. The highest BCUT2D eigenvalue weighted by molar-refractivity contribution is 7.92. The number of anilines is 1. The second kappa shape index (κ2) is 6.15. The van der Waals surface area contributed by atoms with E-state index in [1.54, 1.807) is 24.4 Å². The fourth-order valence-corrected chi connectivity index (χ4v) is 2.98. The van der Waals surface area contributed by atoms with Gasteiger partial charge in [0, 0.05) is 12.4 Å². The average molecular weight is 330 g/mol. The van der Waals surface area contributed by atoms with Gasteiger partial charge in [0.15, 0.2) is 0 Å². The second-order valence-corrected chi connectivity index (χ2v) is 6.40. The van der Waals surface area contributed by atoms with Crippen LogP contribution in [0.2, 0.25) is 5.02 Å². The van der Waals surface area contributed by atoms with E-state index in [1.807, 2.05) is 0 Å². The van der Waals surface area contributed by atoms with Crippen molar-refractivity contribution in [2.75, 3.05) is 10.5 Å². The van der Waals surface area contributed by atoms with E-state index in [2.05, 4.69) is 9.82 Å². The maximum Gasteiger partial charge on any atom is 0.304 e. The van der Waals surface area contributed by atoms with Crippen LogP contribution < -0.4 is 4.72 Å². The van der Waals surface area contributed by atoms with Gasteiger partial charge in [0.2, 0.25) is 10.0 Å². The number of nitrogens with zero attached hydrogens (tertiary/aromatic N) is 2. The highest BCUT2D eigenvalue weighted by atomic mass is 35.5. The molecule has 0 unspecified atom stereocenters. The predicted molar refractivity (Wildman–Crippen MR) is 78.2 cm³/mol. The molecule has 0 fully saturated rings. The van der Waals surface area contributed by atoms with Crippen molar-refractivity contribution < 1.29 is 18.3 Å². The van der Waals surface area contributed by atoms with Gasteiger partial charge < -0.3 is 5.11 Å². The summed E-state index contributed by atoms with van der Waals surface area (Å²) in [5.41, 5.74) is 0.611. The number of benzene rings is 1. The lowest BCUT2D eigenvalue weighted by atomic mass is 10.3. The number of carboxylic acid groups (broad SMARTS) is 1. The van der Waals surface area contributed by atoms with Crippen molar-refractivity contribution in [2.24, 2.45) is 0 Å². The molecule has 0 aliphatic heterocycles. The lowest BCUT2D eigenvalue weighted by Crippen LogP contribution is -2.20. The Bertz CT molecular complexity index is 744. The number of carboxylic acids is 1.